The topological polar surface area (TPSA) is 36.7 Å². The SMILES string of the molecule is O=c1cc(CN2CCN(CCCCc3ccccc3)CC2)oc2ccccc12. The van der Waals surface area contributed by atoms with Crippen LogP contribution in [0.25, 0.3) is 11.0 Å². The van der Waals surface area contributed by atoms with Crippen molar-refractivity contribution in [2.24, 2.45) is 0 Å². The number of aryl methyl sites for hydroxylation is 1. The van der Waals surface area contributed by atoms with Crippen LogP contribution >= 0.6 is 0 Å². The minimum Gasteiger partial charge on any atom is -0.459 e. The Morgan fingerprint density at radius 1 is 0.821 bits per heavy atom. The lowest BCUT2D eigenvalue weighted by atomic mass is 10.1. The lowest BCUT2D eigenvalue weighted by Gasteiger charge is -2.34. The van der Waals surface area contributed by atoms with Gasteiger partial charge in [-0.1, -0.05) is 42.5 Å². The number of para-hydroxylation sites is 1. The quantitative estimate of drug-likeness (QED) is 0.586. The average Bonchev–Trinajstić information content (AvgIpc) is 2.73. The molecule has 0 atom stereocenters. The second-order valence-corrected chi connectivity index (χ2v) is 7.63. The van der Waals surface area contributed by atoms with E-state index in [1.807, 2.05) is 24.3 Å². The van der Waals surface area contributed by atoms with Gasteiger partial charge in [-0.2, -0.15) is 0 Å². The van der Waals surface area contributed by atoms with Gasteiger partial charge in [0.15, 0.2) is 5.43 Å². The van der Waals surface area contributed by atoms with Gasteiger partial charge in [0.1, 0.15) is 11.3 Å². The summed E-state index contributed by atoms with van der Waals surface area (Å²) in [6, 6.07) is 19.9. The van der Waals surface area contributed by atoms with Crippen molar-refractivity contribution in [3.05, 3.63) is 82.2 Å². The van der Waals surface area contributed by atoms with Crippen LogP contribution in [0.15, 0.2) is 69.9 Å². The van der Waals surface area contributed by atoms with E-state index in [9.17, 15) is 4.79 Å². The number of hydrogen-bond acceptors (Lipinski definition) is 4. The molecule has 0 unspecified atom stereocenters. The van der Waals surface area contributed by atoms with E-state index in [-0.39, 0.29) is 5.43 Å². The van der Waals surface area contributed by atoms with Gasteiger partial charge in [-0.15, -0.1) is 0 Å². The van der Waals surface area contributed by atoms with E-state index >= 15 is 0 Å². The second kappa shape index (κ2) is 9.18. The van der Waals surface area contributed by atoms with E-state index in [2.05, 4.69) is 40.1 Å². The van der Waals surface area contributed by atoms with Crippen molar-refractivity contribution in [3.8, 4) is 0 Å². The van der Waals surface area contributed by atoms with Crippen molar-refractivity contribution < 1.29 is 4.42 Å². The number of fused-ring (bicyclic) bond motifs is 1. The number of unbranched alkanes of at least 4 members (excludes halogenated alkanes) is 1. The fraction of sp³-hybridized carbons (Fsp3) is 0.375. The van der Waals surface area contributed by atoms with Crippen molar-refractivity contribution in [1.82, 2.24) is 9.80 Å². The summed E-state index contributed by atoms with van der Waals surface area (Å²) in [5.74, 6) is 0.764. The third kappa shape index (κ3) is 4.89. The first-order valence-corrected chi connectivity index (χ1v) is 10.3. The van der Waals surface area contributed by atoms with E-state index in [0.717, 1.165) is 31.9 Å². The smallest absolute Gasteiger partial charge is 0.192 e. The maximum absolute atomic E-state index is 12.3. The van der Waals surface area contributed by atoms with Crippen LogP contribution in [0.1, 0.15) is 24.2 Å². The molecule has 0 spiro atoms. The van der Waals surface area contributed by atoms with Crippen LogP contribution in [0, 0.1) is 0 Å². The zero-order valence-electron chi connectivity index (χ0n) is 16.3. The first-order valence-electron chi connectivity index (χ1n) is 10.3. The highest BCUT2D eigenvalue weighted by molar-refractivity contribution is 5.76. The van der Waals surface area contributed by atoms with Crippen molar-refractivity contribution in [3.63, 3.8) is 0 Å². The molecular formula is C24H28N2O2. The Kier molecular flexibility index (Phi) is 6.20. The number of benzene rings is 2. The lowest BCUT2D eigenvalue weighted by Crippen LogP contribution is -2.46. The van der Waals surface area contributed by atoms with Crippen molar-refractivity contribution in [1.29, 1.82) is 0 Å². The molecule has 2 aromatic carbocycles. The molecule has 28 heavy (non-hydrogen) atoms. The molecule has 1 aliphatic heterocycles. The average molecular weight is 377 g/mol. The third-order valence-electron chi connectivity index (χ3n) is 5.56. The van der Waals surface area contributed by atoms with Crippen LogP contribution in [0.5, 0.6) is 0 Å². The molecule has 1 saturated heterocycles. The summed E-state index contributed by atoms with van der Waals surface area (Å²) in [6.45, 7) is 6.10. The second-order valence-electron chi connectivity index (χ2n) is 7.63. The molecule has 1 aliphatic rings. The summed E-state index contributed by atoms with van der Waals surface area (Å²) in [4.78, 5) is 17.2. The van der Waals surface area contributed by atoms with E-state index in [1.54, 1.807) is 6.07 Å². The largest absolute Gasteiger partial charge is 0.459 e. The van der Waals surface area contributed by atoms with E-state index in [4.69, 9.17) is 4.42 Å². The van der Waals surface area contributed by atoms with Gasteiger partial charge in [0.25, 0.3) is 0 Å². The van der Waals surface area contributed by atoms with Gasteiger partial charge in [0.2, 0.25) is 0 Å². The van der Waals surface area contributed by atoms with Crippen LogP contribution in [-0.4, -0.2) is 42.5 Å². The molecule has 3 aromatic rings. The van der Waals surface area contributed by atoms with Crippen LogP contribution in [0.3, 0.4) is 0 Å². The van der Waals surface area contributed by atoms with Gasteiger partial charge in [0.05, 0.1) is 11.9 Å². The highest BCUT2D eigenvalue weighted by Crippen LogP contribution is 2.14. The Bertz CT molecular complexity index is 943. The van der Waals surface area contributed by atoms with E-state index in [1.165, 1.54) is 31.4 Å². The molecule has 0 radical (unpaired) electrons. The fourth-order valence-corrected chi connectivity index (χ4v) is 3.93. The lowest BCUT2D eigenvalue weighted by molar-refractivity contribution is 0.120. The summed E-state index contributed by atoms with van der Waals surface area (Å²) in [5, 5.41) is 0.659. The maximum atomic E-state index is 12.3. The zero-order chi connectivity index (χ0) is 19.2. The van der Waals surface area contributed by atoms with Crippen LogP contribution in [0.2, 0.25) is 0 Å². The molecule has 0 bridgehead atoms. The van der Waals surface area contributed by atoms with Crippen molar-refractivity contribution >= 4 is 11.0 Å². The van der Waals surface area contributed by atoms with Crippen LogP contribution < -0.4 is 5.43 Å². The molecule has 0 aliphatic carbocycles. The monoisotopic (exact) mass is 376 g/mol. The highest BCUT2D eigenvalue weighted by atomic mass is 16.3. The summed E-state index contributed by atoms with van der Waals surface area (Å²) < 4.78 is 5.94. The summed E-state index contributed by atoms with van der Waals surface area (Å²) in [7, 11) is 0. The first kappa shape index (κ1) is 18.9. The molecule has 0 amide bonds. The number of rotatable bonds is 7. The molecule has 0 N–H and O–H groups in total. The molecule has 4 rings (SSSR count). The Hall–Kier alpha value is -2.43. The molecule has 4 nitrogen and oxygen atoms in total. The number of piperazine rings is 1. The maximum Gasteiger partial charge on any atom is 0.192 e. The minimum absolute atomic E-state index is 0.0499. The number of nitrogens with zero attached hydrogens (tertiary/aromatic N) is 2. The van der Waals surface area contributed by atoms with Crippen LogP contribution in [0.4, 0.5) is 0 Å². The molecule has 0 saturated carbocycles. The Morgan fingerprint density at radius 2 is 1.54 bits per heavy atom. The van der Waals surface area contributed by atoms with E-state index in [0.29, 0.717) is 17.5 Å². The number of hydrogen-bond donors (Lipinski definition) is 0. The molecule has 4 heteroatoms. The fourth-order valence-electron chi connectivity index (χ4n) is 3.93. The van der Waals surface area contributed by atoms with Crippen molar-refractivity contribution in [2.75, 3.05) is 32.7 Å². The predicted molar refractivity (Wildman–Crippen MR) is 114 cm³/mol. The van der Waals surface area contributed by atoms with Gasteiger partial charge < -0.3 is 9.32 Å². The standard InChI is InChI=1S/C24H28N2O2/c27-23-18-21(28-24-12-5-4-11-22(23)24)19-26-16-14-25(15-17-26)13-7-6-10-20-8-2-1-3-9-20/h1-5,8-9,11-12,18H,6-7,10,13-17,19H2. The highest BCUT2D eigenvalue weighted by Gasteiger charge is 2.18. The summed E-state index contributed by atoms with van der Waals surface area (Å²) >= 11 is 0. The Balaban J connectivity index is 1.22. The molecular weight excluding hydrogens is 348 g/mol. The normalized spacial score (nSPS) is 15.9. The Morgan fingerprint density at radius 3 is 2.36 bits per heavy atom. The van der Waals surface area contributed by atoms with Gasteiger partial charge in [-0.05, 0) is 43.5 Å². The molecule has 2 heterocycles. The third-order valence-corrected chi connectivity index (χ3v) is 5.56. The zero-order valence-corrected chi connectivity index (χ0v) is 16.3. The summed E-state index contributed by atoms with van der Waals surface area (Å²) in [5.41, 5.74) is 2.17. The first-order chi connectivity index (χ1) is 13.8. The molecule has 146 valence electrons. The van der Waals surface area contributed by atoms with E-state index < -0.39 is 0 Å². The predicted octanol–water partition coefficient (Wildman–Crippen LogP) is 3.93. The molecule has 1 aromatic heterocycles. The van der Waals surface area contributed by atoms with Gasteiger partial charge in [0, 0.05) is 32.2 Å². The van der Waals surface area contributed by atoms with Crippen LogP contribution in [-0.2, 0) is 13.0 Å². The van der Waals surface area contributed by atoms with Gasteiger partial charge in [-0.25, -0.2) is 0 Å². The Labute approximate surface area is 166 Å². The minimum atomic E-state index is 0.0499. The summed E-state index contributed by atoms with van der Waals surface area (Å²) in [6.07, 6.45) is 3.66. The van der Waals surface area contributed by atoms with Gasteiger partial charge in [-0.3, -0.25) is 9.69 Å². The molecule has 1 fully saturated rings. The van der Waals surface area contributed by atoms with Gasteiger partial charge >= 0.3 is 0 Å². The van der Waals surface area contributed by atoms with Crippen molar-refractivity contribution in [2.45, 2.75) is 25.8 Å².